The number of hydrogen-bond donors (Lipinski definition) is 0. The second-order valence-corrected chi connectivity index (χ2v) is 12.5. The van der Waals surface area contributed by atoms with E-state index in [9.17, 15) is 13.2 Å². The number of alkyl halides is 2. The minimum Gasteiger partial charge on any atom is -0.461 e. The van der Waals surface area contributed by atoms with Gasteiger partial charge < -0.3 is 9.64 Å². The van der Waals surface area contributed by atoms with Gasteiger partial charge in [-0.1, -0.05) is 30.5 Å². The van der Waals surface area contributed by atoms with Crippen LogP contribution < -0.4 is 9.64 Å². The first-order chi connectivity index (χ1) is 22.5. The van der Waals surface area contributed by atoms with E-state index in [2.05, 4.69) is 20.9 Å². The Bertz CT molecular complexity index is 1990. The third-order valence-corrected chi connectivity index (χ3v) is 9.89. The Kier molecular flexibility index (Phi) is 6.12. The fraction of sp³-hybridized carbons (Fsp3) is 0.441. The third kappa shape index (κ3) is 4.43. The third-order valence-electron chi connectivity index (χ3n) is 9.89. The van der Waals surface area contributed by atoms with Crippen molar-refractivity contribution >= 4 is 27.5 Å². The molecule has 4 aromatic rings. The number of fused-ring (bicyclic) bond motifs is 4. The molecule has 4 aliphatic rings. The van der Waals surface area contributed by atoms with Crippen molar-refractivity contribution < 1.29 is 29.4 Å². The van der Waals surface area contributed by atoms with E-state index in [1.165, 1.54) is 24.4 Å². The van der Waals surface area contributed by atoms with Gasteiger partial charge in [-0.15, -0.1) is 6.42 Å². The van der Waals surface area contributed by atoms with Crippen LogP contribution in [0.15, 0.2) is 30.5 Å². The molecule has 3 saturated heterocycles. The quantitative estimate of drug-likeness (QED) is 0.187. The summed E-state index contributed by atoms with van der Waals surface area (Å²) in [6.45, 7) is -1.45. The summed E-state index contributed by atoms with van der Waals surface area (Å²) < 4.78 is 100. The van der Waals surface area contributed by atoms with Gasteiger partial charge in [-0.05, 0) is 32.2 Å². The molecule has 0 amide bonds. The molecule has 0 radical (unpaired) electrons. The molecule has 2 aromatic carbocycles. The lowest BCUT2D eigenvalue weighted by atomic mass is 9.95. The van der Waals surface area contributed by atoms with Crippen LogP contribution in [0.25, 0.3) is 32.9 Å². The van der Waals surface area contributed by atoms with Crippen LogP contribution in [0.5, 0.6) is 6.01 Å². The van der Waals surface area contributed by atoms with Crippen molar-refractivity contribution in [1.82, 2.24) is 19.9 Å². The maximum atomic E-state index is 16.8. The first-order valence-corrected chi connectivity index (χ1v) is 15.3. The first kappa shape index (κ1) is 26.2. The second-order valence-electron chi connectivity index (χ2n) is 12.5. The number of rotatable bonds is 5. The average Bonchev–Trinajstić information content (AvgIpc) is 3.39. The van der Waals surface area contributed by atoms with Crippen LogP contribution in [-0.4, -0.2) is 70.0 Å². The highest BCUT2D eigenvalue weighted by Crippen LogP contribution is 2.48. The number of benzene rings is 2. The number of terminal acetylenes is 1. The molecule has 4 fully saturated rings. The Balaban J connectivity index is 1.32. The summed E-state index contributed by atoms with van der Waals surface area (Å²) in [5.41, 5.74) is -2.10. The molecule has 232 valence electrons. The molecule has 1 saturated carbocycles. The summed E-state index contributed by atoms with van der Waals surface area (Å²) in [6, 6.07) is 3.99. The molecule has 0 spiro atoms. The van der Waals surface area contributed by atoms with Crippen LogP contribution in [0.2, 0.25) is 0 Å². The SMILES string of the molecule is [2H]C([2H])(Oc1nc(N2CCCC[C@H]3[C@H](F)[C@H]32)c2cnc(-c3cccc4c(F)cc(F)c(C#C)c34)c(F)c2n1)[C@@]12CCCN1C[C@H](F)C2. The Labute approximate surface area is 259 Å². The van der Waals surface area contributed by atoms with Gasteiger partial charge in [0.2, 0.25) is 0 Å². The van der Waals surface area contributed by atoms with Gasteiger partial charge in [0, 0.05) is 54.0 Å². The Morgan fingerprint density at radius 3 is 2.80 bits per heavy atom. The van der Waals surface area contributed by atoms with Crippen LogP contribution >= 0.6 is 0 Å². The molecule has 0 bridgehead atoms. The summed E-state index contributed by atoms with van der Waals surface area (Å²) >= 11 is 0. The monoisotopic (exact) mass is 621 g/mol. The molecule has 5 atom stereocenters. The van der Waals surface area contributed by atoms with Gasteiger partial charge in [-0.25, -0.2) is 22.0 Å². The zero-order chi connectivity index (χ0) is 32.8. The van der Waals surface area contributed by atoms with E-state index in [-0.39, 0.29) is 63.2 Å². The summed E-state index contributed by atoms with van der Waals surface area (Å²) in [5, 5.41) is 0.0654. The van der Waals surface area contributed by atoms with E-state index in [1.807, 2.05) is 0 Å². The van der Waals surface area contributed by atoms with Crippen LogP contribution in [0.4, 0.5) is 27.8 Å². The predicted molar refractivity (Wildman–Crippen MR) is 160 cm³/mol. The van der Waals surface area contributed by atoms with Crippen LogP contribution in [-0.2, 0) is 0 Å². The van der Waals surface area contributed by atoms with E-state index >= 15 is 8.78 Å². The fourth-order valence-corrected chi connectivity index (χ4v) is 7.72. The van der Waals surface area contributed by atoms with Crippen LogP contribution in [0.1, 0.15) is 46.8 Å². The number of anilines is 1. The van der Waals surface area contributed by atoms with Crippen LogP contribution in [0.3, 0.4) is 0 Å². The van der Waals surface area contributed by atoms with Gasteiger partial charge >= 0.3 is 6.01 Å². The van der Waals surface area contributed by atoms with Gasteiger partial charge in [0.25, 0.3) is 0 Å². The van der Waals surface area contributed by atoms with E-state index in [4.69, 9.17) is 13.9 Å². The molecule has 11 heteroatoms. The van der Waals surface area contributed by atoms with Crippen molar-refractivity contribution in [2.75, 3.05) is 31.1 Å². The molecule has 1 aliphatic carbocycles. The van der Waals surface area contributed by atoms with Crippen molar-refractivity contribution in [2.24, 2.45) is 5.92 Å². The summed E-state index contributed by atoms with van der Waals surface area (Å²) in [6.07, 6.45) is 7.74. The Morgan fingerprint density at radius 1 is 1.09 bits per heavy atom. The van der Waals surface area contributed by atoms with Crippen molar-refractivity contribution in [3.8, 4) is 29.6 Å². The smallest absolute Gasteiger partial charge is 0.319 e. The van der Waals surface area contributed by atoms with Gasteiger partial charge in [-0.2, -0.15) is 9.97 Å². The molecule has 45 heavy (non-hydrogen) atoms. The number of ether oxygens (including phenoxy) is 1. The van der Waals surface area contributed by atoms with Crippen molar-refractivity contribution in [3.63, 3.8) is 0 Å². The highest BCUT2D eigenvalue weighted by molar-refractivity contribution is 6.02. The van der Waals surface area contributed by atoms with Crippen molar-refractivity contribution in [2.45, 2.75) is 62.4 Å². The summed E-state index contributed by atoms with van der Waals surface area (Å²) in [4.78, 5) is 16.7. The fourth-order valence-electron chi connectivity index (χ4n) is 7.72. The number of halogens is 5. The standard InChI is InChI=1S/C34H30F5N5O/c1-2-19-24(36)13-25(37)20-8-5-9-21(26(19)20)29-28(39)30-23(15-40-29)32(44-12-4-3-7-22-27(38)31(22)44)42-33(41-30)45-17-34-10-6-11-43(34)16-18(35)14-34/h1,5,8-9,13,15,18,22,27,31H,3-4,6-7,10-12,14,16-17H2/t18-,22+,27+,31+,34+/m1/s1/i17D2. The molecule has 0 unspecified atom stereocenters. The van der Waals surface area contributed by atoms with Gasteiger partial charge in [0.15, 0.2) is 5.82 Å². The molecular weight excluding hydrogens is 589 g/mol. The highest BCUT2D eigenvalue weighted by Gasteiger charge is 2.56. The predicted octanol–water partition coefficient (Wildman–Crippen LogP) is 6.53. The number of nitrogens with zero attached hydrogens (tertiary/aromatic N) is 5. The molecular formula is C34H30F5N5O. The number of hydrogen-bond acceptors (Lipinski definition) is 6. The second kappa shape index (κ2) is 10.5. The summed E-state index contributed by atoms with van der Waals surface area (Å²) in [7, 11) is 0. The molecule has 6 nitrogen and oxygen atoms in total. The van der Waals surface area contributed by atoms with Crippen molar-refractivity contribution in [3.05, 3.63) is 53.5 Å². The van der Waals surface area contributed by atoms with Crippen molar-refractivity contribution in [1.29, 1.82) is 0 Å². The minimum atomic E-state index is -2.46. The lowest BCUT2D eigenvalue weighted by Gasteiger charge is -2.31. The Morgan fingerprint density at radius 2 is 1.96 bits per heavy atom. The van der Waals surface area contributed by atoms with E-state index in [1.54, 1.807) is 9.80 Å². The van der Waals surface area contributed by atoms with E-state index < -0.39 is 53.9 Å². The average molecular weight is 622 g/mol. The minimum absolute atomic E-state index is 0.0208. The van der Waals surface area contributed by atoms with Gasteiger partial charge in [-0.3, -0.25) is 9.88 Å². The molecule has 0 N–H and O–H groups in total. The van der Waals surface area contributed by atoms with E-state index in [0.29, 0.717) is 38.4 Å². The van der Waals surface area contributed by atoms with Crippen LogP contribution in [0, 0.1) is 35.7 Å². The lowest BCUT2D eigenvalue weighted by molar-refractivity contribution is 0.107. The maximum absolute atomic E-state index is 16.8. The topological polar surface area (TPSA) is 54.4 Å². The molecule has 3 aliphatic heterocycles. The maximum Gasteiger partial charge on any atom is 0.319 e. The first-order valence-electron chi connectivity index (χ1n) is 16.3. The number of pyridine rings is 1. The summed E-state index contributed by atoms with van der Waals surface area (Å²) in [5.74, 6) is -0.697. The molecule has 8 rings (SSSR count). The highest BCUT2D eigenvalue weighted by atomic mass is 19.1. The Hall–Kier alpha value is -4.04. The van der Waals surface area contributed by atoms with Gasteiger partial charge in [0.1, 0.15) is 47.6 Å². The lowest BCUT2D eigenvalue weighted by Crippen LogP contribution is -2.43. The van der Waals surface area contributed by atoms with E-state index in [0.717, 1.165) is 12.8 Å². The molecule has 2 aromatic heterocycles. The normalized spacial score (nSPS) is 28.8. The number of aromatic nitrogens is 3. The molecule has 5 heterocycles. The zero-order valence-electron chi connectivity index (χ0n) is 26.2. The zero-order valence-corrected chi connectivity index (χ0v) is 24.2. The largest absolute Gasteiger partial charge is 0.461 e. The van der Waals surface area contributed by atoms with Gasteiger partial charge in [0.05, 0.1) is 25.3 Å².